The van der Waals surface area contributed by atoms with E-state index in [1.807, 2.05) is 0 Å². The van der Waals surface area contributed by atoms with Crippen molar-refractivity contribution in [2.24, 2.45) is 0 Å². The van der Waals surface area contributed by atoms with Gasteiger partial charge in [-0.3, -0.25) is 38.9 Å². The van der Waals surface area contributed by atoms with Gasteiger partial charge in [0.05, 0.1) is 38.7 Å². The molecule has 308 valence electrons. The van der Waals surface area contributed by atoms with Crippen molar-refractivity contribution in [3.63, 3.8) is 0 Å². The summed E-state index contributed by atoms with van der Waals surface area (Å²) in [5, 5.41) is 11.3. The number of alkyl halides is 3. The van der Waals surface area contributed by atoms with Gasteiger partial charge in [0.25, 0.3) is 17.7 Å². The van der Waals surface area contributed by atoms with Gasteiger partial charge in [-0.2, -0.15) is 25.9 Å². The second-order valence-electron chi connectivity index (χ2n) is 14.3. The van der Waals surface area contributed by atoms with Crippen LogP contribution < -0.4 is 30.9 Å². The highest BCUT2D eigenvalue weighted by molar-refractivity contribution is 7.90. The zero-order valence-electron chi connectivity index (χ0n) is 30.5. The number of benzene rings is 3. The lowest BCUT2D eigenvalue weighted by Gasteiger charge is -2.41. The van der Waals surface area contributed by atoms with Gasteiger partial charge in [0, 0.05) is 68.5 Å². The average molecular weight is 866 g/mol. The molecule has 3 aromatic carbocycles. The first kappa shape index (κ1) is 41.4. The Balaban J connectivity index is 0.843. The van der Waals surface area contributed by atoms with Crippen molar-refractivity contribution in [2.75, 3.05) is 54.2 Å². The smallest absolute Gasteiger partial charge is 0.368 e. The number of fused-ring (bicyclic) bond motifs is 1. The molecule has 1 unspecified atom stereocenters. The third kappa shape index (κ3) is 8.79. The van der Waals surface area contributed by atoms with Gasteiger partial charge in [-0.1, -0.05) is 23.2 Å². The molecular formula is C37H37Cl2F3N8O7S. The summed E-state index contributed by atoms with van der Waals surface area (Å²) in [5.74, 6) is -3.04. The van der Waals surface area contributed by atoms with Crippen LogP contribution in [0.15, 0.2) is 54.6 Å². The van der Waals surface area contributed by atoms with Crippen molar-refractivity contribution < 1.29 is 45.6 Å². The number of amides is 5. The molecule has 58 heavy (non-hydrogen) atoms. The summed E-state index contributed by atoms with van der Waals surface area (Å²) in [5.41, 5.74) is -0.124. The minimum atomic E-state index is -4.63. The number of anilines is 3. The van der Waals surface area contributed by atoms with Gasteiger partial charge in [-0.15, -0.1) is 0 Å². The molecule has 0 radical (unpaired) electrons. The fourth-order valence-corrected chi connectivity index (χ4v) is 8.98. The van der Waals surface area contributed by atoms with E-state index in [1.54, 1.807) is 18.2 Å². The first-order valence-electron chi connectivity index (χ1n) is 18.3. The summed E-state index contributed by atoms with van der Waals surface area (Å²) >= 11 is 12.1. The molecule has 0 spiro atoms. The Bertz CT molecular complexity index is 2290. The summed E-state index contributed by atoms with van der Waals surface area (Å²) < 4.78 is 69.7. The Kier molecular flexibility index (Phi) is 11.7. The third-order valence-electron chi connectivity index (χ3n) is 10.5. The van der Waals surface area contributed by atoms with E-state index in [1.165, 1.54) is 22.5 Å². The Labute approximate surface area is 340 Å². The van der Waals surface area contributed by atoms with E-state index in [-0.39, 0.29) is 76.1 Å². The Morgan fingerprint density at radius 1 is 0.828 bits per heavy atom. The second kappa shape index (κ2) is 16.5. The van der Waals surface area contributed by atoms with E-state index in [0.717, 1.165) is 22.7 Å². The number of hydrogen-bond acceptors (Lipinski definition) is 10. The molecule has 4 heterocycles. The molecule has 5 N–H and O–H groups in total. The monoisotopic (exact) mass is 864 g/mol. The second-order valence-corrected chi connectivity index (χ2v) is 16.8. The average Bonchev–Trinajstić information content (AvgIpc) is 3.40. The molecule has 4 aliphatic rings. The highest BCUT2D eigenvalue weighted by atomic mass is 35.5. The SMILES string of the molecule is O=C1CCC(N2C(=O)c3ccc(N4CC(NCCNC5CCN(S(=O)(=O)Nc6ccc(Cl)cc6C(=O)Nc6ccc(C(F)(F)F)cc6Cl)CC5)C4)cc3C2=O)C(=O)N1. The maximum Gasteiger partial charge on any atom is 0.416 e. The predicted octanol–water partition coefficient (Wildman–Crippen LogP) is 3.85. The minimum Gasteiger partial charge on any atom is -0.368 e. The number of piperidine rings is 2. The van der Waals surface area contributed by atoms with Crippen molar-refractivity contribution >= 4 is 80.0 Å². The number of rotatable bonds is 12. The van der Waals surface area contributed by atoms with Gasteiger partial charge in [0.15, 0.2) is 0 Å². The maximum absolute atomic E-state index is 13.4. The molecule has 0 aromatic heterocycles. The number of halogens is 5. The molecule has 3 aromatic rings. The molecule has 5 amide bonds. The van der Waals surface area contributed by atoms with E-state index in [9.17, 15) is 45.6 Å². The van der Waals surface area contributed by atoms with E-state index in [0.29, 0.717) is 45.1 Å². The van der Waals surface area contributed by atoms with Crippen molar-refractivity contribution in [1.82, 2.24) is 25.2 Å². The van der Waals surface area contributed by atoms with Gasteiger partial charge in [0.1, 0.15) is 6.04 Å². The fourth-order valence-electron chi connectivity index (χ4n) is 7.31. The highest BCUT2D eigenvalue weighted by Crippen LogP contribution is 2.35. The van der Waals surface area contributed by atoms with Gasteiger partial charge in [0.2, 0.25) is 11.8 Å². The standard InChI is InChI=1S/C37H37Cl2F3N8O7S/c38-21-2-6-29(27(16-21)33(52)45-30-5-1-20(15-28(30)39)37(40,41)42)47-58(56,57)49-13-9-22(10-14-49)43-11-12-44-23-18-48(19-23)24-3-4-25-26(17-24)36(55)50(35(25)54)31-7-8-32(51)46-34(31)53/h1-6,15-17,22-23,31,43-44,47H,7-14,18-19H2,(H,45,52)(H,46,51,53). The van der Waals surface area contributed by atoms with E-state index in [2.05, 4.69) is 30.9 Å². The molecule has 21 heteroatoms. The van der Waals surface area contributed by atoms with Crippen LogP contribution in [0.5, 0.6) is 0 Å². The van der Waals surface area contributed by atoms with Crippen LogP contribution >= 0.6 is 23.2 Å². The van der Waals surface area contributed by atoms with Crippen LogP contribution in [0.3, 0.4) is 0 Å². The molecule has 4 aliphatic heterocycles. The minimum absolute atomic E-state index is 0.0472. The first-order valence-corrected chi connectivity index (χ1v) is 20.5. The molecule has 0 aliphatic carbocycles. The topological polar surface area (TPSA) is 189 Å². The Hall–Kier alpha value is -4.79. The van der Waals surface area contributed by atoms with Crippen molar-refractivity contribution in [1.29, 1.82) is 0 Å². The molecule has 0 saturated carbocycles. The molecule has 1 atom stereocenters. The van der Waals surface area contributed by atoms with Gasteiger partial charge in [-0.25, -0.2) is 0 Å². The molecule has 7 rings (SSSR count). The number of nitrogens with zero attached hydrogens (tertiary/aromatic N) is 3. The Morgan fingerprint density at radius 2 is 1.50 bits per heavy atom. The van der Waals surface area contributed by atoms with E-state index < -0.39 is 57.5 Å². The number of imide groups is 2. The molecule has 3 saturated heterocycles. The number of carbonyl (C=O) groups is 5. The van der Waals surface area contributed by atoms with Crippen LogP contribution in [0.1, 0.15) is 62.3 Å². The molecule has 3 fully saturated rings. The van der Waals surface area contributed by atoms with Crippen molar-refractivity contribution in [3.8, 4) is 0 Å². The van der Waals surface area contributed by atoms with Crippen LogP contribution in [-0.4, -0.2) is 105 Å². The molecule has 0 bridgehead atoms. The molecular weight excluding hydrogens is 828 g/mol. The summed E-state index contributed by atoms with van der Waals surface area (Å²) in [6, 6.07) is 10.6. The Morgan fingerprint density at radius 3 is 2.17 bits per heavy atom. The summed E-state index contributed by atoms with van der Waals surface area (Å²) in [4.78, 5) is 66.3. The number of nitrogens with one attached hydrogen (secondary N) is 5. The third-order valence-corrected chi connectivity index (χ3v) is 12.5. The van der Waals surface area contributed by atoms with Crippen LogP contribution in [0.2, 0.25) is 10.0 Å². The van der Waals surface area contributed by atoms with Crippen LogP contribution in [0, 0.1) is 0 Å². The highest BCUT2D eigenvalue weighted by Gasteiger charge is 2.45. The van der Waals surface area contributed by atoms with Crippen molar-refractivity contribution in [2.45, 2.75) is 50.0 Å². The number of carbonyl (C=O) groups excluding carboxylic acids is 5. The summed E-state index contributed by atoms with van der Waals surface area (Å²) in [7, 11) is -4.11. The quantitative estimate of drug-likeness (QED) is 0.132. The fraction of sp³-hybridized carbons (Fsp3) is 0.378. The van der Waals surface area contributed by atoms with Crippen LogP contribution in [0.25, 0.3) is 0 Å². The van der Waals surface area contributed by atoms with E-state index in [4.69, 9.17) is 23.2 Å². The van der Waals surface area contributed by atoms with Gasteiger partial charge < -0.3 is 20.9 Å². The zero-order chi connectivity index (χ0) is 41.5. The van der Waals surface area contributed by atoms with Gasteiger partial charge in [-0.05, 0) is 73.9 Å². The normalized spacial score (nSPS) is 19.6. The number of hydrogen-bond donors (Lipinski definition) is 5. The van der Waals surface area contributed by atoms with Crippen LogP contribution in [0.4, 0.5) is 30.2 Å². The van der Waals surface area contributed by atoms with E-state index >= 15 is 0 Å². The lowest BCUT2D eigenvalue weighted by atomic mass is 10.0. The maximum atomic E-state index is 13.4. The summed E-state index contributed by atoms with van der Waals surface area (Å²) in [6.45, 7) is 3.02. The summed E-state index contributed by atoms with van der Waals surface area (Å²) in [6.07, 6.45) is -3.45. The zero-order valence-corrected chi connectivity index (χ0v) is 32.8. The predicted molar refractivity (Wildman–Crippen MR) is 208 cm³/mol. The lowest BCUT2D eigenvalue weighted by Crippen LogP contribution is -2.59. The van der Waals surface area contributed by atoms with Crippen LogP contribution in [-0.2, 0) is 26.0 Å². The first-order chi connectivity index (χ1) is 27.5. The van der Waals surface area contributed by atoms with Gasteiger partial charge >= 0.3 is 16.4 Å². The largest absolute Gasteiger partial charge is 0.416 e. The lowest BCUT2D eigenvalue weighted by molar-refractivity contribution is -0.138. The molecule has 15 nitrogen and oxygen atoms in total. The van der Waals surface area contributed by atoms with Crippen molar-refractivity contribution in [3.05, 3.63) is 86.9 Å².